The SMILES string of the molecule is Cc1ccc(C2(CO)OC2O)c(O)c1. The first kappa shape index (κ1) is 9.45. The van der Waals surface area contributed by atoms with Crippen molar-refractivity contribution in [3.05, 3.63) is 29.3 Å². The van der Waals surface area contributed by atoms with Crippen molar-refractivity contribution in [1.82, 2.24) is 0 Å². The van der Waals surface area contributed by atoms with Crippen molar-refractivity contribution < 1.29 is 20.1 Å². The summed E-state index contributed by atoms with van der Waals surface area (Å²) < 4.78 is 4.91. The van der Waals surface area contributed by atoms with Crippen LogP contribution in [0.1, 0.15) is 11.1 Å². The van der Waals surface area contributed by atoms with Crippen LogP contribution in [-0.4, -0.2) is 28.2 Å². The monoisotopic (exact) mass is 196 g/mol. The summed E-state index contributed by atoms with van der Waals surface area (Å²) >= 11 is 0. The second kappa shape index (κ2) is 2.95. The Bertz CT molecular complexity index is 359. The molecule has 1 aliphatic rings. The molecule has 14 heavy (non-hydrogen) atoms. The van der Waals surface area contributed by atoms with E-state index < -0.39 is 11.9 Å². The van der Waals surface area contributed by atoms with Gasteiger partial charge in [0.2, 0.25) is 0 Å². The number of hydrogen-bond acceptors (Lipinski definition) is 4. The van der Waals surface area contributed by atoms with Crippen molar-refractivity contribution in [3.63, 3.8) is 0 Å². The average Bonchev–Trinajstić information content (AvgIpc) is 2.78. The quantitative estimate of drug-likeness (QED) is 0.592. The largest absolute Gasteiger partial charge is 0.508 e. The van der Waals surface area contributed by atoms with Crippen LogP contribution in [0.2, 0.25) is 0 Å². The van der Waals surface area contributed by atoms with Gasteiger partial charge in [0.25, 0.3) is 0 Å². The van der Waals surface area contributed by atoms with Gasteiger partial charge in [0.15, 0.2) is 11.9 Å². The molecule has 0 amide bonds. The van der Waals surface area contributed by atoms with Gasteiger partial charge in [-0.05, 0) is 18.6 Å². The number of hydrogen-bond donors (Lipinski definition) is 3. The molecule has 0 radical (unpaired) electrons. The molecule has 2 atom stereocenters. The lowest BCUT2D eigenvalue weighted by atomic mass is 9.97. The molecule has 4 heteroatoms. The Morgan fingerprint density at radius 1 is 1.50 bits per heavy atom. The summed E-state index contributed by atoms with van der Waals surface area (Å²) in [7, 11) is 0. The minimum absolute atomic E-state index is 0.0376. The molecule has 1 saturated heterocycles. The first-order valence-corrected chi connectivity index (χ1v) is 4.37. The molecular weight excluding hydrogens is 184 g/mol. The maximum Gasteiger partial charge on any atom is 0.192 e. The van der Waals surface area contributed by atoms with Crippen molar-refractivity contribution in [2.24, 2.45) is 0 Å². The van der Waals surface area contributed by atoms with Gasteiger partial charge >= 0.3 is 0 Å². The Morgan fingerprint density at radius 2 is 2.14 bits per heavy atom. The van der Waals surface area contributed by atoms with E-state index in [1.165, 1.54) is 0 Å². The molecule has 0 bridgehead atoms. The zero-order valence-corrected chi connectivity index (χ0v) is 7.77. The minimum atomic E-state index is -1.11. The van der Waals surface area contributed by atoms with Gasteiger partial charge in [0.05, 0.1) is 6.61 Å². The molecule has 1 fully saturated rings. The van der Waals surface area contributed by atoms with Crippen LogP contribution in [0.4, 0.5) is 0 Å². The van der Waals surface area contributed by atoms with Crippen LogP contribution in [-0.2, 0) is 10.3 Å². The van der Waals surface area contributed by atoms with Crippen LogP contribution in [0, 0.1) is 6.92 Å². The van der Waals surface area contributed by atoms with Gasteiger partial charge in [-0.25, -0.2) is 0 Å². The van der Waals surface area contributed by atoms with E-state index in [9.17, 15) is 10.2 Å². The number of aliphatic hydroxyl groups excluding tert-OH is 2. The van der Waals surface area contributed by atoms with Crippen molar-refractivity contribution in [2.45, 2.75) is 18.8 Å². The van der Waals surface area contributed by atoms with Gasteiger partial charge < -0.3 is 20.1 Å². The van der Waals surface area contributed by atoms with E-state index >= 15 is 0 Å². The Balaban J connectivity index is 2.42. The van der Waals surface area contributed by atoms with Crippen molar-refractivity contribution in [1.29, 1.82) is 0 Å². The van der Waals surface area contributed by atoms with E-state index in [4.69, 9.17) is 9.84 Å². The van der Waals surface area contributed by atoms with E-state index in [1.807, 2.05) is 6.92 Å². The van der Waals surface area contributed by atoms with Crippen molar-refractivity contribution in [3.8, 4) is 5.75 Å². The number of ether oxygens (including phenoxy) is 1. The van der Waals surface area contributed by atoms with Crippen LogP contribution in [0.5, 0.6) is 5.75 Å². The number of benzene rings is 1. The highest BCUT2D eigenvalue weighted by Crippen LogP contribution is 2.47. The fraction of sp³-hybridized carbons (Fsp3) is 0.400. The molecule has 0 saturated carbocycles. The number of rotatable bonds is 2. The normalized spacial score (nSPS) is 30.4. The van der Waals surface area contributed by atoms with E-state index in [1.54, 1.807) is 18.2 Å². The lowest BCUT2D eigenvalue weighted by Crippen LogP contribution is -2.18. The maximum absolute atomic E-state index is 9.61. The van der Waals surface area contributed by atoms with Crippen LogP contribution in [0.15, 0.2) is 18.2 Å². The Labute approximate surface area is 81.4 Å². The number of aliphatic hydroxyl groups is 2. The Morgan fingerprint density at radius 3 is 2.57 bits per heavy atom. The van der Waals surface area contributed by atoms with Crippen LogP contribution in [0.3, 0.4) is 0 Å². The predicted molar refractivity (Wildman–Crippen MR) is 48.7 cm³/mol. The van der Waals surface area contributed by atoms with Crippen LogP contribution >= 0.6 is 0 Å². The zero-order chi connectivity index (χ0) is 10.3. The molecule has 1 aliphatic heterocycles. The number of aryl methyl sites for hydroxylation is 1. The molecule has 0 aliphatic carbocycles. The Hall–Kier alpha value is -1.10. The first-order valence-electron chi connectivity index (χ1n) is 4.37. The molecule has 0 spiro atoms. The second-order valence-electron chi connectivity index (χ2n) is 3.54. The standard InChI is InChI=1S/C10H12O4/c1-6-2-3-7(8(12)4-6)10(5-11)9(13)14-10/h2-4,9,11-13H,5H2,1H3. The van der Waals surface area contributed by atoms with Gasteiger partial charge in [0.1, 0.15) is 5.75 Å². The van der Waals surface area contributed by atoms with Gasteiger partial charge in [-0.2, -0.15) is 0 Å². The highest BCUT2D eigenvalue weighted by atomic mass is 16.7. The highest BCUT2D eigenvalue weighted by molar-refractivity contribution is 5.42. The fourth-order valence-electron chi connectivity index (χ4n) is 1.56. The Kier molecular flexibility index (Phi) is 1.99. The lowest BCUT2D eigenvalue weighted by molar-refractivity contribution is 0.148. The summed E-state index contributed by atoms with van der Waals surface area (Å²) in [6.07, 6.45) is -1.03. The molecule has 1 aromatic rings. The smallest absolute Gasteiger partial charge is 0.192 e. The summed E-state index contributed by atoms with van der Waals surface area (Å²) in [5.74, 6) is 0.0376. The van der Waals surface area contributed by atoms with Gasteiger partial charge in [-0.15, -0.1) is 0 Å². The molecule has 4 nitrogen and oxygen atoms in total. The summed E-state index contributed by atoms with van der Waals surface area (Å²) in [4.78, 5) is 0. The summed E-state index contributed by atoms with van der Waals surface area (Å²) in [6, 6.07) is 5.01. The molecule has 3 N–H and O–H groups in total. The summed E-state index contributed by atoms with van der Waals surface area (Å²) in [5.41, 5.74) is 0.227. The second-order valence-corrected chi connectivity index (χ2v) is 3.54. The van der Waals surface area contributed by atoms with E-state index in [-0.39, 0.29) is 12.4 Å². The van der Waals surface area contributed by atoms with Crippen molar-refractivity contribution in [2.75, 3.05) is 6.61 Å². The number of phenols is 1. The van der Waals surface area contributed by atoms with E-state index in [2.05, 4.69) is 0 Å². The fourth-order valence-corrected chi connectivity index (χ4v) is 1.56. The molecular formula is C10H12O4. The highest BCUT2D eigenvalue weighted by Gasteiger charge is 2.58. The number of epoxide rings is 1. The third kappa shape index (κ3) is 1.19. The molecule has 1 aromatic carbocycles. The predicted octanol–water partition coefficient (Wildman–Crippen LogP) is 0.237. The first-order chi connectivity index (χ1) is 6.60. The third-order valence-corrected chi connectivity index (χ3v) is 2.51. The topological polar surface area (TPSA) is 73.2 Å². The molecule has 76 valence electrons. The van der Waals surface area contributed by atoms with Crippen LogP contribution < -0.4 is 0 Å². The third-order valence-electron chi connectivity index (χ3n) is 2.51. The van der Waals surface area contributed by atoms with Crippen LogP contribution in [0.25, 0.3) is 0 Å². The van der Waals surface area contributed by atoms with E-state index in [0.29, 0.717) is 5.56 Å². The van der Waals surface area contributed by atoms with Gasteiger partial charge in [-0.3, -0.25) is 0 Å². The summed E-state index contributed by atoms with van der Waals surface area (Å²) in [5, 5.41) is 27.9. The molecule has 2 unspecified atom stereocenters. The summed E-state index contributed by atoms with van der Waals surface area (Å²) in [6.45, 7) is 1.50. The van der Waals surface area contributed by atoms with E-state index in [0.717, 1.165) is 5.56 Å². The van der Waals surface area contributed by atoms with Gasteiger partial charge in [-0.1, -0.05) is 12.1 Å². The number of aromatic hydroxyl groups is 1. The molecule has 1 heterocycles. The minimum Gasteiger partial charge on any atom is -0.508 e. The molecule has 2 rings (SSSR count). The maximum atomic E-state index is 9.61. The molecule has 0 aromatic heterocycles. The zero-order valence-electron chi connectivity index (χ0n) is 7.77. The average molecular weight is 196 g/mol. The van der Waals surface area contributed by atoms with Gasteiger partial charge in [0, 0.05) is 5.56 Å². The number of phenolic OH excluding ortho intramolecular Hbond substituents is 1. The van der Waals surface area contributed by atoms with Crippen molar-refractivity contribution >= 4 is 0 Å². The lowest BCUT2D eigenvalue weighted by Gasteiger charge is -2.11.